The lowest BCUT2D eigenvalue weighted by Crippen LogP contribution is -2.47. The summed E-state index contributed by atoms with van der Waals surface area (Å²) in [6.07, 6.45) is 0.392. The van der Waals surface area contributed by atoms with Crippen molar-refractivity contribution in [1.29, 1.82) is 0 Å². The Labute approximate surface area is 167 Å². The summed E-state index contributed by atoms with van der Waals surface area (Å²) in [6.45, 7) is 6.03. The van der Waals surface area contributed by atoms with Gasteiger partial charge in [-0.05, 0) is 37.5 Å². The molecule has 0 radical (unpaired) electrons. The van der Waals surface area contributed by atoms with Crippen LogP contribution in [0.5, 0.6) is 5.75 Å². The van der Waals surface area contributed by atoms with Gasteiger partial charge in [-0.25, -0.2) is 8.42 Å². The second-order valence-electron chi connectivity index (χ2n) is 7.15. The molecule has 0 aliphatic rings. The van der Waals surface area contributed by atoms with Gasteiger partial charge in [-0.2, -0.15) is 4.72 Å². The normalized spacial score (nSPS) is 12.6. The fourth-order valence-electron chi connectivity index (χ4n) is 2.81. The molecule has 0 aromatic heterocycles. The van der Waals surface area contributed by atoms with Crippen LogP contribution in [-0.2, 0) is 21.4 Å². The number of rotatable bonds is 9. The monoisotopic (exact) mass is 404 g/mol. The molecule has 6 nitrogen and oxygen atoms in total. The number of hydrogen-bond donors (Lipinski definition) is 2. The Kier molecular flexibility index (Phi) is 7.60. The van der Waals surface area contributed by atoms with Gasteiger partial charge in [0.05, 0.1) is 12.0 Å². The van der Waals surface area contributed by atoms with Crippen LogP contribution in [0.3, 0.4) is 0 Å². The third-order valence-electron chi connectivity index (χ3n) is 4.30. The van der Waals surface area contributed by atoms with Gasteiger partial charge in [0, 0.05) is 12.1 Å². The third-order valence-corrected chi connectivity index (χ3v) is 5.79. The molecule has 0 heterocycles. The molecule has 0 aliphatic heterocycles. The van der Waals surface area contributed by atoms with Gasteiger partial charge in [0.25, 0.3) is 0 Å². The van der Waals surface area contributed by atoms with Gasteiger partial charge in [0.15, 0.2) is 0 Å². The molecule has 2 aromatic carbocycles. The molecule has 2 N–H and O–H groups in total. The Morgan fingerprint density at radius 1 is 1.07 bits per heavy atom. The molecule has 152 valence electrons. The van der Waals surface area contributed by atoms with E-state index in [1.807, 2.05) is 45.0 Å². The van der Waals surface area contributed by atoms with Crippen LogP contribution < -0.4 is 14.8 Å². The lowest BCUT2D eigenvalue weighted by molar-refractivity contribution is -0.123. The standard InChI is InChI=1S/C21H28N2O4S/c1-15(2)13-19(23-28(25,26)18-11-9-16(3)10-12-18)21(24)22-14-17-7-5-6-8-20(17)27-4/h5-12,15,19,23H,13-14H2,1-4H3,(H,22,24)/t19-/m1/s1. The van der Waals surface area contributed by atoms with E-state index in [-0.39, 0.29) is 23.3 Å². The van der Waals surface area contributed by atoms with Crippen molar-refractivity contribution < 1.29 is 17.9 Å². The molecule has 0 spiro atoms. The van der Waals surface area contributed by atoms with E-state index >= 15 is 0 Å². The predicted molar refractivity (Wildman–Crippen MR) is 110 cm³/mol. The van der Waals surface area contributed by atoms with Crippen molar-refractivity contribution in [3.63, 3.8) is 0 Å². The van der Waals surface area contributed by atoms with Crippen LogP contribution in [0.1, 0.15) is 31.4 Å². The van der Waals surface area contributed by atoms with Gasteiger partial charge < -0.3 is 10.1 Å². The molecule has 0 aliphatic carbocycles. The number of amides is 1. The van der Waals surface area contributed by atoms with E-state index in [9.17, 15) is 13.2 Å². The highest BCUT2D eigenvalue weighted by Gasteiger charge is 2.26. The summed E-state index contributed by atoms with van der Waals surface area (Å²) >= 11 is 0. The zero-order valence-electron chi connectivity index (χ0n) is 16.7. The summed E-state index contributed by atoms with van der Waals surface area (Å²) < 4.78 is 33.2. The Morgan fingerprint density at radius 3 is 2.32 bits per heavy atom. The van der Waals surface area contributed by atoms with Gasteiger partial charge in [-0.1, -0.05) is 49.7 Å². The van der Waals surface area contributed by atoms with Crippen LogP contribution in [0, 0.1) is 12.8 Å². The van der Waals surface area contributed by atoms with Crippen molar-refractivity contribution in [2.24, 2.45) is 5.92 Å². The highest BCUT2D eigenvalue weighted by Crippen LogP contribution is 2.17. The first-order valence-electron chi connectivity index (χ1n) is 9.21. The van der Waals surface area contributed by atoms with Crippen LogP contribution in [0.4, 0.5) is 0 Å². The van der Waals surface area contributed by atoms with Crippen molar-refractivity contribution in [1.82, 2.24) is 10.0 Å². The molecular weight excluding hydrogens is 376 g/mol. The second kappa shape index (κ2) is 9.71. The predicted octanol–water partition coefficient (Wildman–Crippen LogP) is 3.01. The highest BCUT2D eigenvalue weighted by atomic mass is 32.2. The fraction of sp³-hybridized carbons (Fsp3) is 0.381. The van der Waals surface area contributed by atoms with Crippen LogP contribution in [-0.4, -0.2) is 27.5 Å². The molecule has 28 heavy (non-hydrogen) atoms. The Hall–Kier alpha value is -2.38. The number of carbonyl (C=O) groups excluding carboxylic acids is 1. The summed E-state index contributed by atoms with van der Waals surface area (Å²) in [5, 5.41) is 2.82. The van der Waals surface area contributed by atoms with Crippen molar-refractivity contribution in [3.8, 4) is 5.75 Å². The van der Waals surface area contributed by atoms with Gasteiger partial charge in [-0.15, -0.1) is 0 Å². The van der Waals surface area contributed by atoms with Gasteiger partial charge in [0.1, 0.15) is 11.8 Å². The summed E-state index contributed by atoms with van der Waals surface area (Å²) in [5.41, 5.74) is 1.79. The van der Waals surface area contributed by atoms with Gasteiger partial charge >= 0.3 is 0 Å². The molecule has 7 heteroatoms. The van der Waals surface area contributed by atoms with Crippen LogP contribution >= 0.6 is 0 Å². The molecular formula is C21H28N2O4S. The summed E-state index contributed by atoms with van der Waals surface area (Å²) in [7, 11) is -2.23. The number of methoxy groups -OCH3 is 1. The molecule has 0 fully saturated rings. The lowest BCUT2D eigenvalue weighted by Gasteiger charge is -2.20. The smallest absolute Gasteiger partial charge is 0.241 e. The Bertz CT molecular complexity index is 893. The second-order valence-corrected chi connectivity index (χ2v) is 8.86. The van der Waals surface area contributed by atoms with E-state index in [2.05, 4.69) is 10.0 Å². The van der Waals surface area contributed by atoms with E-state index in [0.717, 1.165) is 11.1 Å². The van der Waals surface area contributed by atoms with Gasteiger partial charge in [-0.3, -0.25) is 4.79 Å². The van der Waals surface area contributed by atoms with Crippen LogP contribution in [0.15, 0.2) is 53.4 Å². The number of nitrogens with one attached hydrogen (secondary N) is 2. The average Bonchev–Trinajstić information content (AvgIpc) is 2.65. The molecule has 2 rings (SSSR count). The number of para-hydroxylation sites is 1. The Balaban J connectivity index is 2.13. The quantitative estimate of drug-likeness (QED) is 0.673. The largest absolute Gasteiger partial charge is 0.496 e. The molecule has 1 amide bonds. The fourth-order valence-corrected chi connectivity index (χ4v) is 4.02. The van der Waals surface area contributed by atoms with Crippen molar-refractivity contribution in [2.75, 3.05) is 7.11 Å². The minimum Gasteiger partial charge on any atom is -0.496 e. The van der Waals surface area contributed by atoms with Gasteiger partial charge in [0.2, 0.25) is 15.9 Å². The van der Waals surface area contributed by atoms with E-state index in [0.29, 0.717) is 12.2 Å². The first-order chi connectivity index (χ1) is 13.2. The minimum absolute atomic E-state index is 0.141. The molecule has 0 saturated heterocycles. The minimum atomic E-state index is -3.80. The molecule has 1 atom stereocenters. The summed E-state index contributed by atoms with van der Waals surface area (Å²) in [6, 6.07) is 13.0. The maximum atomic E-state index is 12.7. The number of hydrogen-bond acceptors (Lipinski definition) is 4. The molecule has 0 bridgehead atoms. The van der Waals surface area contributed by atoms with Crippen LogP contribution in [0.25, 0.3) is 0 Å². The summed E-state index contributed by atoms with van der Waals surface area (Å²) in [5.74, 6) is 0.446. The maximum absolute atomic E-state index is 12.7. The van der Waals surface area contributed by atoms with Crippen molar-refractivity contribution in [3.05, 3.63) is 59.7 Å². The van der Waals surface area contributed by atoms with E-state index in [4.69, 9.17) is 4.74 Å². The zero-order chi connectivity index (χ0) is 20.7. The molecule has 0 saturated carbocycles. The SMILES string of the molecule is COc1ccccc1CNC(=O)[C@@H](CC(C)C)NS(=O)(=O)c1ccc(C)cc1. The number of aryl methyl sites for hydroxylation is 1. The summed E-state index contributed by atoms with van der Waals surface area (Å²) in [4.78, 5) is 12.9. The topological polar surface area (TPSA) is 84.5 Å². The average molecular weight is 405 g/mol. The van der Waals surface area contributed by atoms with E-state index in [1.54, 1.807) is 19.2 Å². The Morgan fingerprint density at radius 2 is 1.71 bits per heavy atom. The zero-order valence-corrected chi connectivity index (χ0v) is 17.5. The lowest BCUT2D eigenvalue weighted by atomic mass is 10.0. The number of ether oxygens (including phenoxy) is 1. The highest BCUT2D eigenvalue weighted by molar-refractivity contribution is 7.89. The first kappa shape index (κ1) is 21.9. The van der Waals surface area contributed by atoms with E-state index < -0.39 is 16.1 Å². The van der Waals surface area contributed by atoms with Crippen molar-refractivity contribution >= 4 is 15.9 Å². The molecule has 2 aromatic rings. The van der Waals surface area contributed by atoms with Crippen LogP contribution in [0.2, 0.25) is 0 Å². The number of carbonyl (C=O) groups is 1. The number of sulfonamides is 1. The third kappa shape index (κ3) is 6.07. The molecule has 0 unspecified atom stereocenters. The van der Waals surface area contributed by atoms with Crippen molar-refractivity contribution in [2.45, 2.75) is 44.7 Å². The maximum Gasteiger partial charge on any atom is 0.241 e. The number of benzene rings is 2. The first-order valence-corrected chi connectivity index (χ1v) is 10.7. The van der Waals surface area contributed by atoms with E-state index in [1.165, 1.54) is 12.1 Å².